The molecule has 0 N–H and O–H groups in total. The first-order valence-electron chi connectivity index (χ1n) is 6.23. The maximum atomic E-state index is 11.7. The maximum Gasteiger partial charge on any atom is 0.0911 e. The average molecular weight is 229 g/mol. The summed E-state index contributed by atoms with van der Waals surface area (Å²) in [6.07, 6.45) is 1.98. The van der Waals surface area contributed by atoms with Crippen LogP contribution in [-0.2, 0) is 0 Å². The molecule has 0 amide bonds. The van der Waals surface area contributed by atoms with Gasteiger partial charge in [-0.25, -0.2) is 0 Å². The topological polar surface area (TPSA) is 49.4 Å². The maximum absolute atomic E-state index is 11.7. The molecule has 0 aromatic carbocycles. The molecule has 0 aliphatic carbocycles. The summed E-state index contributed by atoms with van der Waals surface area (Å²) in [4.78, 5) is 2.41. The second kappa shape index (κ2) is 4.23. The zero-order valence-corrected chi connectivity index (χ0v) is 10.4. The van der Waals surface area contributed by atoms with Gasteiger partial charge in [0.2, 0.25) is 0 Å². The summed E-state index contributed by atoms with van der Waals surface area (Å²) in [5.41, 5.74) is 0. The van der Waals surface area contributed by atoms with Crippen LogP contribution >= 0.6 is 0 Å². The van der Waals surface area contributed by atoms with Gasteiger partial charge in [-0.3, -0.25) is 4.90 Å². The van der Waals surface area contributed by atoms with Gasteiger partial charge in [-0.1, -0.05) is 0 Å². The molecule has 0 unspecified atom stereocenters. The van der Waals surface area contributed by atoms with Gasteiger partial charge in [-0.05, 0) is 0 Å². The van der Waals surface area contributed by atoms with Crippen molar-refractivity contribution in [2.75, 3.05) is 53.4 Å². The number of likely N-dealkylation sites (N-methyl/N-ethyl adjacent to an activating group) is 1. The minimum Gasteiger partial charge on any atom is -0.633 e. The number of piperidine rings is 1. The van der Waals surface area contributed by atoms with Crippen molar-refractivity contribution < 1.29 is 9.29 Å². The van der Waals surface area contributed by atoms with Gasteiger partial charge in [0.05, 0.1) is 40.3 Å². The van der Waals surface area contributed by atoms with Gasteiger partial charge in [0.25, 0.3) is 0 Å². The number of likely N-dealkylation sites (tertiary alicyclic amines) is 1. The van der Waals surface area contributed by atoms with Crippen LogP contribution in [0.4, 0.5) is 0 Å². The van der Waals surface area contributed by atoms with E-state index >= 15 is 0 Å². The van der Waals surface area contributed by atoms with E-state index in [4.69, 9.17) is 0 Å². The van der Waals surface area contributed by atoms with E-state index in [1.165, 1.54) is 0 Å². The van der Waals surface area contributed by atoms with Gasteiger partial charge in [-0.2, -0.15) is 0 Å². The second-order valence-corrected chi connectivity index (χ2v) is 5.76. The molecule has 16 heavy (non-hydrogen) atoms. The van der Waals surface area contributed by atoms with E-state index in [9.17, 15) is 10.4 Å². The van der Waals surface area contributed by atoms with Crippen LogP contribution in [0.1, 0.15) is 12.8 Å². The van der Waals surface area contributed by atoms with Gasteiger partial charge in [0.15, 0.2) is 0 Å². The van der Waals surface area contributed by atoms with Crippen LogP contribution in [0.25, 0.3) is 0 Å². The molecular formula is C11H23N3O2. The SMILES string of the molecule is C[N+]1([O-])CCC(N2CC[N+](C)([O-])CC2)CC1. The van der Waals surface area contributed by atoms with E-state index < -0.39 is 0 Å². The van der Waals surface area contributed by atoms with E-state index in [0.717, 1.165) is 39.0 Å². The Labute approximate surface area is 97.6 Å². The van der Waals surface area contributed by atoms with Gasteiger partial charge in [-0.15, -0.1) is 0 Å². The molecule has 0 spiro atoms. The van der Waals surface area contributed by atoms with E-state index in [-0.39, 0.29) is 9.29 Å². The van der Waals surface area contributed by atoms with Crippen LogP contribution in [0.2, 0.25) is 0 Å². The Bertz CT molecular complexity index is 210. The number of piperazine rings is 1. The molecular weight excluding hydrogens is 206 g/mol. The Morgan fingerprint density at radius 3 is 1.81 bits per heavy atom. The zero-order chi connectivity index (χ0) is 11.8. The van der Waals surface area contributed by atoms with Crippen LogP contribution in [-0.4, -0.2) is 73.6 Å². The predicted molar refractivity (Wildman–Crippen MR) is 63.2 cm³/mol. The third kappa shape index (κ3) is 2.93. The molecule has 0 bridgehead atoms. The lowest BCUT2D eigenvalue weighted by Crippen LogP contribution is -2.58. The molecule has 5 heteroatoms. The molecule has 5 nitrogen and oxygen atoms in total. The molecule has 0 saturated carbocycles. The number of nitrogens with zero attached hydrogens (tertiary/aromatic N) is 3. The average Bonchev–Trinajstić information content (AvgIpc) is 2.19. The molecule has 2 saturated heterocycles. The fourth-order valence-electron chi connectivity index (χ4n) is 2.73. The molecule has 0 atom stereocenters. The van der Waals surface area contributed by atoms with Crippen molar-refractivity contribution in [2.24, 2.45) is 0 Å². The van der Waals surface area contributed by atoms with Crippen molar-refractivity contribution in [3.63, 3.8) is 0 Å². The fourth-order valence-corrected chi connectivity index (χ4v) is 2.73. The Hall–Kier alpha value is -0.200. The highest BCUT2D eigenvalue weighted by atomic mass is 16.5. The summed E-state index contributed by atoms with van der Waals surface area (Å²) in [5.74, 6) is 0. The minimum absolute atomic E-state index is 0.0837. The quantitative estimate of drug-likeness (QED) is 0.481. The highest BCUT2D eigenvalue weighted by Gasteiger charge is 2.31. The first-order chi connectivity index (χ1) is 7.38. The Balaban J connectivity index is 1.82. The molecule has 0 radical (unpaired) electrons. The summed E-state index contributed by atoms with van der Waals surface area (Å²) in [6.45, 7) is 4.63. The Kier molecular flexibility index (Phi) is 3.25. The summed E-state index contributed by atoms with van der Waals surface area (Å²) >= 11 is 0. The smallest absolute Gasteiger partial charge is 0.0911 e. The molecule has 2 aliphatic rings. The van der Waals surface area contributed by atoms with E-state index in [1.54, 1.807) is 14.1 Å². The highest BCUT2D eigenvalue weighted by molar-refractivity contribution is 4.77. The van der Waals surface area contributed by atoms with Gasteiger partial charge >= 0.3 is 0 Å². The zero-order valence-electron chi connectivity index (χ0n) is 10.4. The minimum atomic E-state index is -0.0987. The second-order valence-electron chi connectivity index (χ2n) is 5.76. The molecule has 2 rings (SSSR count). The lowest BCUT2D eigenvalue weighted by Gasteiger charge is -2.50. The lowest BCUT2D eigenvalue weighted by atomic mass is 10.0. The molecule has 0 aromatic rings. The molecule has 0 aromatic heterocycles. The van der Waals surface area contributed by atoms with Crippen molar-refractivity contribution in [3.8, 4) is 0 Å². The summed E-state index contributed by atoms with van der Waals surface area (Å²) in [6, 6.07) is 0.542. The van der Waals surface area contributed by atoms with Crippen molar-refractivity contribution in [3.05, 3.63) is 10.4 Å². The standard InChI is InChI=1S/C11H23N3O2/c1-13(15)7-3-11(4-8-13)12-5-9-14(2,16)10-6-12/h11H,3-10H2,1-2H3. The normalized spacial score (nSPS) is 40.9. The highest BCUT2D eigenvalue weighted by Crippen LogP contribution is 2.22. The summed E-state index contributed by atoms with van der Waals surface area (Å²) in [5, 5.41) is 23.4. The first-order valence-corrected chi connectivity index (χ1v) is 6.23. The van der Waals surface area contributed by atoms with Crippen LogP contribution in [0, 0.1) is 10.4 Å². The van der Waals surface area contributed by atoms with Gasteiger partial charge < -0.3 is 19.7 Å². The van der Waals surface area contributed by atoms with Crippen molar-refractivity contribution >= 4 is 0 Å². The lowest BCUT2D eigenvalue weighted by molar-refractivity contribution is -0.870. The van der Waals surface area contributed by atoms with Gasteiger partial charge in [0, 0.05) is 32.0 Å². The molecule has 94 valence electrons. The Morgan fingerprint density at radius 2 is 1.31 bits per heavy atom. The van der Waals surface area contributed by atoms with Gasteiger partial charge in [0.1, 0.15) is 0 Å². The third-order valence-electron chi connectivity index (χ3n) is 4.11. The van der Waals surface area contributed by atoms with Crippen LogP contribution in [0.5, 0.6) is 0 Å². The monoisotopic (exact) mass is 229 g/mol. The molecule has 2 heterocycles. The number of rotatable bonds is 1. The predicted octanol–water partition coefficient (Wildman–Crippen LogP) is 0.353. The molecule has 2 fully saturated rings. The summed E-state index contributed by atoms with van der Waals surface area (Å²) < 4.78 is -0.182. The first kappa shape index (κ1) is 12.3. The van der Waals surface area contributed by atoms with Crippen molar-refractivity contribution in [2.45, 2.75) is 18.9 Å². The van der Waals surface area contributed by atoms with Crippen molar-refractivity contribution in [1.29, 1.82) is 0 Å². The number of quaternary nitrogens is 2. The van der Waals surface area contributed by atoms with E-state index in [0.29, 0.717) is 19.1 Å². The number of hydroxylamine groups is 6. The van der Waals surface area contributed by atoms with Crippen LogP contribution in [0.3, 0.4) is 0 Å². The van der Waals surface area contributed by atoms with Crippen LogP contribution in [0.15, 0.2) is 0 Å². The third-order valence-corrected chi connectivity index (χ3v) is 4.11. The fraction of sp³-hybridized carbons (Fsp3) is 1.00. The van der Waals surface area contributed by atoms with Crippen molar-refractivity contribution in [1.82, 2.24) is 4.90 Å². The Morgan fingerprint density at radius 1 is 0.875 bits per heavy atom. The number of hydrogen-bond donors (Lipinski definition) is 0. The van der Waals surface area contributed by atoms with E-state index in [1.807, 2.05) is 0 Å². The summed E-state index contributed by atoms with van der Waals surface area (Å²) in [7, 11) is 3.52. The molecule has 2 aliphatic heterocycles. The van der Waals surface area contributed by atoms with E-state index in [2.05, 4.69) is 4.90 Å². The largest absolute Gasteiger partial charge is 0.633 e. The van der Waals surface area contributed by atoms with Crippen LogP contribution < -0.4 is 0 Å². The number of hydrogen-bond acceptors (Lipinski definition) is 3.